The zero-order valence-corrected chi connectivity index (χ0v) is 15.6. The molecule has 138 valence electrons. The summed E-state index contributed by atoms with van der Waals surface area (Å²) in [4.78, 5) is 24.0. The van der Waals surface area contributed by atoms with Crippen molar-refractivity contribution in [1.29, 1.82) is 0 Å². The minimum Gasteiger partial charge on any atom is -0.480 e. The van der Waals surface area contributed by atoms with Crippen molar-refractivity contribution in [3.63, 3.8) is 0 Å². The van der Waals surface area contributed by atoms with Crippen LogP contribution < -0.4 is 10.6 Å². The molecule has 3 N–H and O–H groups in total. The molecule has 0 saturated carbocycles. The maximum atomic E-state index is 12.7. The van der Waals surface area contributed by atoms with Crippen molar-refractivity contribution in [1.82, 2.24) is 15.8 Å². The summed E-state index contributed by atoms with van der Waals surface area (Å²) in [7, 11) is 0. The molecule has 1 amide bonds. The van der Waals surface area contributed by atoms with Gasteiger partial charge in [-0.3, -0.25) is 14.9 Å². The number of rotatable bonds is 5. The van der Waals surface area contributed by atoms with Crippen molar-refractivity contribution in [2.45, 2.75) is 36.9 Å². The second kappa shape index (κ2) is 7.13. The predicted octanol–water partition coefficient (Wildman–Crippen LogP) is 2.27. The number of carboxylic acids is 1. The number of aromatic nitrogens is 1. The molecule has 1 aliphatic rings. The van der Waals surface area contributed by atoms with E-state index >= 15 is 0 Å². The van der Waals surface area contributed by atoms with E-state index in [1.54, 1.807) is 6.92 Å². The van der Waals surface area contributed by atoms with Gasteiger partial charge in [0.05, 0.1) is 5.37 Å². The summed E-state index contributed by atoms with van der Waals surface area (Å²) in [6.45, 7) is 5.75. The summed E-state index contributed by atoms with van der Waals surface area (Å²) in [5, 5.41) is 19.0. The Balaban J connectivity index is 1.71. The number of carbonyl (C=O) groups excluding carboxylic acids is 1. The molecule has 2 heterocycles. The van der Waals surface area contributed by atoms with E-state index in [2.05, 4.69) is 15.8 Å². The van der Waals surface area contributed by atoms with Crippen molar-refractivity contribution in [3.8, 4) is 11.3 Å². The van der Waals surface area contributed by atoms with Gasteiger partial charge in [-0.15, -0.1) is 11.8 Å². The van der Waals surface area contributed by atoms with Crippen LogP contribution in [0.2, 0.25) is 0 Å². The van der Waals surface area contributed by atoms with E-state index in [1.165, 1.54) is 11.8 Å². The molecule has 0 radical (unpaired) electrons. The number of carboxylic acid groups (broad SMARTS) is 1. The topological polar surface area (TPSA) is 104 Å². The SMILES string of the molecule is Cc1onc(-c2ccccc2)c1C(=O)NC[C@@H]1NC(C(=O)O)C(C)(C)S1. The quantitative estimate of drug-likeness (QED) is 0.736. The third-order valence-electron chi connectivity index (χ3n) is 4.33. The summed E-state index contributed by atoms with van der Waals surface area (Å²) in [6.07, 6.45) is 0. The second-order valence-corrected chi connectivity index (χ2v) is 8.54. The van der Waals surface area contributed by atoms with Crippen LogP contribution in [0.25, 0.3) is 11.3 Å². The Morgan fingerprint density at radius 2 is 2.04 bits per heavy atom. The van der Waals surface area contributed by atoms with Gasteiger partial charge in [0.2, 0.25) is 0 Å². The van der Waals surface area contributed by atoms with Crippen LogP contribution in [0, 0.1) is 6.92 Å². The lowest BCUT2D eigenvalue weighted by Crippen LogP contribution is -2.46. The van der Waals surface area contributed by atoms with Crippen LogP contribution in [0.15, 0.2) is 34.9 Å². The fraction of sp³-hybridized carbons (Fsp3) is 0.389. The summed E-state index contributed by atoms with van der Waals surface area (Å²) >= 11 is 1.50. The van der Waals surface area contributed by atoms with E-state index in [9.17, 15) is 14.7 Å². The Morgan fingerprint density at radius 1 is 1.35 bits per heavy atom. The Morgan fingerprint density at radius 3 is 2.65 bits per heavy atom. The molecule has 1 saturated heterocycles. The molecular formula is C18H21N3O4S. The third kappa shape index (κ3) is 3.61. The van der Waals surface area contributed by atoms with Gasteiger partial charge in [-0.1, -0.05) is 35.5 Å². The minimum absolute atomic E-state index is 0.185. The van der Waals surface area contributed by atoms with Crippen molar-refractivity contribution < 1.29 is 19.2 Å². The van der Waals surface area contributed by atoms with Gasteiger partial charge in [-0.25, -0.2) is 0 Å². The maximum Gasteiger partial charge on any atom is 0.322 e. The average Bonchev–Trinajstić information content (AvgIpc) is 3.13. The molecule has 1 unspecified atom stereocenters. The number of benzene rings is 1. The number of nitrogens with one attached hydrogen (secondary N) is 2. The van der Waals surface area contributed by atoms with Gasteiger partial charge in [-0.2, -0.15) is 0 Å². The number of thioether (sulfide) groups is 1. The van der Waals surface area contributed by atoms with Crippen molar-refractivity contribution in [3.05, 3.63) is 41.7 Å². The summed E-state index contributed by atoms with van der Waals surface area (Å²) in [6, 6.07) is 8.69. The maximum absolute atomic E-state index is 12.7. The molecule has 0 bridgehead atoms. The van der Waals surface area contributed by atoms with E-state index < -0.39 is 16.8 Å². The summed E-state index contributed by atoms with van der Waals surface area (Å²) in [5.74, 6) is -0.740. The molecule has 7 nitrogen and oxygen atoms in total. The average molecular weight is 375 g/mol. The van der Waals surface area contributed by atoms with Crippen LogP contribution in [0.3, 0.4) is 0 Å². The number of hydrogen-bond acceptors (Lipinski definition) is 6. The molecule has 1 aromatic carbocycles. The Bertz CT molecular complexity index is 819. The summed E-state index contributed by atoms with van der Waals surface area (Å²) < 4.78 is 4.76. The Hall–Kier alpha value is -2.32. The number of carbonyl (C=O) groups is 2. The first-order chi connectivity index (χ1) is 12.3. The predicted molar refractivity (Wildman–Crippen MR) is 99.0 cm³/mol. The lowest BCUT2D eigenvalue weighted by atomic mass is 10.0. The normalized spacial score (nSPS) is 21.5. The first-order valence-corrected chi connectivity index (χ1v) is 9.14. The van der Waals surface area contributed by atoms with Crippen molar-refractivity contribution in [2.75, 3.05) is 6.54 Å². The lowest BCUT2D eigenvalue weighted by molar-refractivity contribution is -0.139. The molecule has 2 atom stereocenters. The lowest BCUT2D eigenvalue weighted by Gasteiger charge is -2.20. The van der Waals surface area contributed by atoms with E-state index in [-0.39, 0.29) is 11.3 Å². The first-order valence-electron chi connectivity index (χ1n) is 8.26. The molecule has 26 heavy (non-hydrogen) atoms. The van der Waals surface area contributed by atoms with E-state index in [4.69, 9.17) is 4.52 Å². The van der Waals surface area contributed by atoms with Gasteiger partial charge in [0.1, 0.15) is 23.1 Å². The van der Waals surface area contributed by atoms with Crippen molar-refractivity contribution in [2.24, 2.45) is 0 Å². The number of aryl methyl sites for hydroxylation is 1. The van der Waals surface area contributed by atoms with Crippen LogP contribution in [-0.2, 0) is 4.79 Å². The van der Waals surface area contributed by atoms with Crippen LogP contribution in [0.5, 0.6) is 0 Å². The number of amides is 1. The second-order valence-electron chi connectivity index (χ2n) is 6.69. The fourth-order valence-electron chi connectivity index (χ4n) is 3.03. The highest BCUT2D eigenvalue weighted by molar-refractivity contribution is 8.01. The molecule has 1 aromatic heterocycles. The molecule has 3 rings (SSSR count). The zero-order valence-electron chi connectivity index (χ0n) is 14.8. The highest BCUT2D eigenvalue weighted by Crippen LogP contribution is 2.37. The molecule has 0 aliphatic carbocycles. The third-order valence-corrected chi connectivity index (χ3v) is 5.76. The Labute approximate surface area is 155 Å². The van der Waals surface area contributed by atoms with Gasteiger partial charge < -0.3 is 14.9 Å². The van der Waals surface area contributed by atoms with Crippen LogP contribution in [0.1, 0.15) is 30.0 Å². The minimum atomic E-state index is -0.891. The van der Waals surface area contributed by atoms with Gasteiger partial charge in [0.25, 0.3) is 5.91 Å². The smallest absolute Gasteiger partial charge is 0.322 e. The fourth-order valence-corrected chi connectivity index (χ4v) is 4.44. The van der Waals surface area contributed by atoms with Crippen LogP contribution >= 0.6 is 11.8 Å². The number of hydrogen-bond donors (Lipinski definition) is 3. The highest BCUT2D eigenvalue weighted by Gasteiger charge is 2.45. The van der Waals surface area contributed by atoms with Crippen molar-refractivity contribution >= 4 is 23.6 Å². The molecule has 0 spiro atoms. The summed E-state index contributed by atoms with van der Waals surface area (Å²) in [5.41, 5.74) is 1.69. The van der Waals surface area contributed by atoms with Gasteiger partial charge in [-0.05, 0) is 20.8 Å². The van der Waals surface area contributed by atoms with E-state index in [1.807, 2.05) is 44.2 Å². The molecule has 2 aromatic rings. The van der Waals surface area contributed by atoms with Crippen LogP contribution in [-0.4, -0.2) is 44.8 Å². The van der Waals surface area contributed by atoms with Crippen LogP contribution in [0.4, 0.5) is 0 Å². The zero-order chi connectivity index (χ0) is 18.9. The number of nitrogens with zero attached hydrogens (tertiary/aromatic N) is 1. The first kappa shape index (κ1) is 18.5. The molecule has 1 fully saturated rings. The highest BCUT2D eigenvalue weighted by atomic mass is 32.2. The Kier molecular flexibility index (Phi) is 5.06. The molecule has 8 heteroatoms. The van der Waals surface area contributed by atoms with Gasteiger partial charge in [0, 0.05) is 16.9 Å². The molecule has 1 aliphatic heterocycles. The van der Waals surface area contributed by atoms with E-state index in [0.29, 0.717) is 23.6 Å². The standard InChI is InChI=1S/C18H21N3O4S/c1-10-13(14(21-25-10)11-7-5-4-6-8-11)16(22)19-9-12-20-15(17(23)24)18(2,3)26-12/h4-8,12,15,20H,9H2,1-3H3,(H,19,22)(H,23,24)/t12-,15?/m1/s1. The number of aliphatic carboxylic acids is 1. The molecular weight excluding hydrogens is 354 g/mol. The van der Waals surface area contributed by atoms with E-state index in [0.717, 1.165) is 5.56 Å². The largest absolute Gasteiger partial charge is 0.480 e. The monoisotopic (exact) mass is 375 g/mol. The van der Waals surface area contributed by atoms with Gasteiger partial charge in [0.15, 0.2) is 0 Å². The van der Waals surface area contributed by atoms with Gasteiger partial charge >= 0.3 is 5.97 Å².